The van der Waals surface area contributed by atoms with E-state index in [0.29, 0.717) is 5.75 Å². The molecule has 0 aliphatic heterocycles. The van der Waals surface area contributed by atoms with Gasteiger partial charge in [0.2, 0.25) is 9.05 Å². The Hall–Kier alpha value is -0.520. The highest BCUT2D eigenvalue weighted by atomic mass is 35.7. The maximum atomic E-state index is 12.9. The number of ether oxygens (including phenoxy) is 1. The van der Waals surface area contributed by atoms with Crippen LogP contribution in [0.5, 0.6) is 5.75 Å². The fraction of sp³-hybridized carbons (Fsp3) is 0.538. The number of halogens is 3. The lowest BCUT2D eigenvalue weighted by Crippen LogP contribution is -2.32. The first-order chi connectivity index (χ1) is 9.30. The summed E-state index contributed by atoms with van der Waals surface area (Å²) in [6.07, 6.45) is 3.40. The molecule has 0 unspecified atom stereocenters. The molecule has 1 aromatic carbocycles. The second-order valence-electron chi connectivity index (χ2n) is 5.25. The molecule has 112 valence electrons. The highest BCUT2D eigenvalue weighted by molar-refractivity contribution is 8.13. The molecular formula is C13H15Cl2FO3S. The van der Waals surface area contributed by atoms with Crippen LogP contribution in [0.2, 0.25) is 5.02 Å². The molecule has 0 amide bonds. The zero-order valence-electron chi connectivity index (χ0n) is 10.7. The van der Waals surface area contributed by atoms with Crippen molar-refractivity contribution in [2.24, 2.45) is 5.41 Å². The predicted molar refractivity (Wildman–Crippen MR) is 77.4 cm³/mol. The zero-order chi connectivity index (χ0) is 14.8. The lowest BCUT2D eigenvalue weighted by molar-refractivity contribution is 0.171. The summed E-state index contributed by atoms with van der Waals surface area (Å²) in [6, 6.07) is 3.85. The third-order valence-corrected chi connectivity index (χ3v) is 5.15. The Morgan fingerprint density at radius 3 is 2.50 bits per heavy atom. The van der Waals surface area contributed by atoms with E-state index in [1.54, 1.807) is 0 Å². The van der Waals surface area contributed by atoms with Crippen molar-refractivity contribution < 1.29 is 17.5 Å². The molecule has 0 spiro atoms. The molecular weight excluding hydrogens is 326 g/mol. The third-order valence-electron chi connectivity index (χ3n) is 3.57. The quantitative estimate of drug-likeness (QED) is 0.761. The van der Waals surface area contributed by atoms with Crippen molar-refractivity contribution in [2.45, 2.75) is 25.7 Å². The maximum absolute atomic E-state index is 12.9. The number of hydrogen-bond donors (Lipinski definition) is 0. The summed E-state index contributed by atoms with van der Waals surface area (Å²) in [4.78, 5) is 0. The van der Waals surface area contributed by atoms with Crippen LogP contribution in [0.15, 0.2) is 18.2 Å². The van der Waals surface area contributed by atoms with Gasteiger partial charge in [-0.2, -0.15) is 0 Å². The SMILES string of the molecule is O=S(=O)(Cl)CC1(COc2ccc(F)cc2Cl)CCCC1. The minimum absolute atomic E-state index is 0.111. The maximum Gasteiger partial charge on any atom is 0.233 e. The van der Waals surface area contributed by atoms with E-state index in [4.69, 9.17) is 27.0 Å². The van der Waals surface area contributed by atoms with E-state index in [1.165, 1.54) is 12.1 Å². The van der Waals surface area contributed by atoms with E-state index < -0.39 is 20.3 Å². The Bertz CT molecular complexity index is 583. The van der Waals surface area contributed by atoms with Gasteiger partial charge in [0, 0.05) is 16.1 Å². The summed E-state index contributed by atoms with van der Waals surface area (Å²) in [5, 5.41) is 0.173. The average Bonchev–Trinajstić information content (AvgIpc) is 2.74. The largest absolute Gasteiger partial charge is 0.491 e. The molecule has 1 aromatic rings. The fourth-order valence-electron chi connectivity index (χ4n) is 2.64. The van der Waals surface area contributed by atoms with Gasteiger partial charge in [-0.15, -0.1) is 0 Å². The fourth-order valence-corrected chi connectivity index (χ4v) is 4.66. The molecule has 1 aliphatic rings. The molecule has 0 bridgehead atoms. The van der Waals surface area contributed by atoms with Gasteiger partial charge in [0.1, 0.15) is 11.6 Å². The molecule has 0 radical (unpaired) electrons. The second kappa shape index (κ2) is 6.08. The average molecular weight is 341 g/mol. The Kier molecular flexibility index (Phi) is 4.82. The number of benzene rings is 1. The molecule has 0 saturated heterocycles. The summed E-state index contributed by atoms with van der Waals surface area (Å²) in [7, 11) is 1.79. The van der Waals surface area contributed by atoms with Gasteiger partial charge in [-0.3, -0.25) is 0 Å². The summed E-state index contributed by atoms with van der Waals surface area (Å²) in [6.45, 7) is 0.213. The first kappa shape index (κ1) is 15.9. The van der Waals surface area contributed by atoms with Crippen LogP contribution in [-0.2, 0) is 9.05 Å². The van der Waals surface area contributed by atoms with Gasteiger partial charge >= 0.3 is 0 Å². The summed E-state index contributed by atoms with van der Waals surface area (Å²) < 4.78 is 41.3. The Balaban J connectivity index is 2.09. The van der Waals surface area contributed by atoms with Crippen molar-refractivity contribution in [3.05, 3.63) is 29.0 Å². The van der Waals surface area contributed by atoms with E-state index in [9.17, 15) is 12.8 Å². The van der Waals surface area contributed by atoms with Gasteiger partial charge in [0.15, 0.2) is 0 Å². The van der Waals surface area contributed by atoms with Gasteiger partial charge in [-0.25, -0.2) is 12.8 Å². The van der Waals surface area contributed by atoms with Crippen LogP contribution in [-0.4, -0.2) is 20.8 Å². The molecule has 20 heavy (non-hydrogen) atoms. The van der Waals surface area contributed by atoms with Gasteiger partial charge < -0.3 is 4.74 Å². The molecule has 0 aromatic heterocycles. The van der Waals surface area contributed by atoms with Crippen molar-refractivity contribution in [1.82, 2.24) is 0 Å². The van der Waals surface area contributed by atoms with Crippen LogP contribution in [0.25, 0.3) is 0 Å². The van der Waals surface area contributed by atoms with Crippen molar-refractivity contribution in [1.29, 1.82) is 0 Å². The van der Waals surface area contributed by atoms with Gasteiger partial charge in [0.25, 0.3) is 0 Å². The molecule has 1 aliphatic carbocycles. The Morgan fingerprint density at radius 1 is 1.30 bits per heavy atom. The van der Waals surface area contributed by atoms with Gasteiger partial charge in [0.05, 0.1) is 17.4 Å². The van der Waals surface area contributed by atoms with Crippen LogP contribution < -0.4 is 4.74 Å². The molecule has 2 rings (SSSR count). The molecule has 0 atom stereocenters. The number of hydrogen-bond acceptors (Lipinski definition) is 3. The van der Waals surface area contributed by atoms with Crippen molar-refractivity contribution in [3.63, 3.8) is 0 Å². The molecule has 1 fully saturated rings. The minimum atomic E-state index is -3.59. The van der Waals surface area contributed by atoms with Crippen molar-refractivity contribution in [3.8, 4) is 5.75 Å². The topological polar surface area (TPSA) is 43.4 Å². The molecule has 3 nitrogen and oxygen atoms in total. The van der Waals surface area contributed by atoms with Crippen LogP contribution >= 0.6 is 22.3 Å². The van der Waals surface area contributed by atoms with Crippen LogP contribution in [0.1, 0.15) is 25.7 Å². The van der Waals surface area contributed by atoms with Crippen molar-refractivity contribution in [2.75, 3.05) is 12.4 Å². The summed E-state index contributed by atoms with van der Waals surface area (Å²) >= 11 is 5.88. The second-order valence-corrected chi connectivity index (χ2v) is 8.44. The minimum Gasteiger partial charge on any atom is -0.491 e. The first-order valence-corrected chi connectivity index (χ1v) is 9.16. The van der Waals surface area contributed by atoms with E-state index in [-0.39, 0.29) is 17.4 Å². The van der Waals surface area contributed by atoms with Crippen LogP contribution in [0.3, 0.4) is 0 Å². The summed E-state index contributed by atoms with van der Waals surface area (Å²) in [5.74, 6) is -0.201. The van der Waals surface area contributed by atoms with E-state index in [1.807, 2.05) is 0 Å². The molecule has 1 saturated carbocycles. The van der Waals surface area contributed by atoms with Crippen LogP contribution in [0.4, 0.5) is 4.39 Å². The van der Waals surface area contributed by atoms with Gasteiger partial charge in [-0.05, 0) is 31.0 Å². The smallest absolute Gasteiger partial charge is 0.233 e. The highest BCUT2D eigenvalue weighted by Crippen LogP contribution is 2.41. The van der Waals surface area contributed by atoms with E-state index in [2.05, 4.69) is 0 Å². The number of rotatable bonds is 5. The lowest BCUT2D eigenvalue weighted by Gasteiger charge is -2.27. The lowest BCUT2D eigenvalue weighted by atomic mass is 9.90. The molecule has 0 N–H and O–H groups in total. The summed E-state index contributed by atoms with van der Waals surface area (Å²) in [5.41, 5.74) is -0.474. The normalized spacial score (nSPS) is 18.1. The van der Waals surface area contributed by atoms with E-state index >= 15 is 0 Å². The monoisotopic (exact) mass is 340 g/mol. The first-order valence-electron chi connectivity index (χ1n) is 6.30. The third kappa shape index (κ3) is 4.24. The Morgan fingerprint density at radius 2 is 1.95 bits per heavy atom. The molecule has 0 heterocycles. The van der Waals surface area contributed by atoms with Crippen LogP contribution in [0, 0.1) is 11.2 Å². The molecule has 7 heteroatoms. The van der Waals surface area contributed by atoms with E-state index in [0.717, 1.165) is 31.7 Å². The van der Waals surface area contributed by atoms with Crippen molar-refractivity contribution >= 4 is 31.3 Å². The highest BCUT2D eigenvalue weighted by Gasteiger charge is 2.38. The zero-order valence-corrected chi connectivity index (χ0v) is 13.1. The predicted octanol–water partition coefficient (Wildman–Crippen LogP) is 3.99. The van der Waals surface area contributed by atoms with Gasteiger partial charge in [-0.1, -0.05) is 24.4 Å². The Labute approximate surface area is 127 Å². The standard InChI is InChI=1S/C13H15Cl2FO3S/c14-11-7-10(16)3-4-12(11)19-8-13(5-1-2-6-13)9-20(15,17)18/h3-4,7H,1-2,5-6,8-9H2.